The van der Waals surface area contributed by atoms with E-state index in [9.17, 15) is 4.79 Å². The predicted molar refractivity (Wildman–Crippen MR) is 124 cm³/mol. The number of aromatic nitrogens is 1. The van der Waals surface area contributed by atoms with Gasteiger partial charge in [-0.25, -0.2) is 0 Å². The molecule has 1 aromatic carbocycles. The molecule has 3 aliphatic rings. The minimum atomic E-state index is 0. The van der Waals surface area contributed by atoms with Crippen molar-refractivity contribution in [2.45, 2.75) is 45.1 Å². The van der Waals surface area contributed by atoms with Crippen LogP contribution in [-0.2, 0) is 4.79 Å². The maximum absolute atomic E-state index is 13.1. The van der Waals surface area contributed by atoms with Gasteiger partial charge < -0.3 is 20.0 Å². The number of nitrogens with two attached hydrogens (primary N) is 1. The maximum atomic E-state index is 13.1. The van der Waals surface area contributed by atoms with Crippen LogP contribution in [0.15, 0.2) is 22.6 Å². The molecule has 6 nitrogen and oxygen atoms in total. The number of piperazine rings is 1. The second-order valence-corrected chi connectivity index (χ2v) is 8.98. The third-order valence-corrected chi connectivity index (χ3v) is 7.16. The molecule has 2 N–H and O–H groups in total. The highest BCUT2D eigenvalue weighted by Gasteiger charge is 2.42. The van der Waals surface area contributed by atoms with E-state index in [-0.39, 0.29) is 30.7 Å². The second-order valence-electron chi connectivity index (χ2n) is 8.98. The fourth-order valence-electron chi connectivity index (χ4n) is 5.53. The molecule has 5 rings (SSSR count). The van der Waals surface area contributed by atoms with Crippen LogP contribution in [0.4, 0.5) is 6.01 Å². The molecule has 2 aromatic rings. The van der Waals surface area contributed by atoms with Crippen LogP contribution in [0, 0.1) is 24.7 Å². The Morgan fingerprint density at radius 1 is 1.10 bits per heavy atom. The summed E-state index contributed by atoms with van der Waals surface area (Å²) in [6, 6.07) is 7.06. The number of fused-ring (bicyclic) bond motifs is 3. The number of hydrogen-bond donors (Lipinski definition) is 1. The standard InChI is InChI=1S/C22H30N4O2.2ClH/c1-14-5-6-19-18(11-14)24-22(28-19)26-9-7-25(8-10-26)21(27)17-12-15-3-2-4-16(13-17)20(15)23;;/h5-6,11,15-17,20H,2-4,7-10,12-13,23H2,1H3;2*1H. The van der Waals surface area contributed by atoms with Crippen molar-refractivity contribution in [3.63, 3.8) is 0 Å². The number of carbonyl (C=O) groups excluding carboxylic acids is 1. The average molecular weight is 455 g/mol. The molecule has 1 saturated heterocycles. The Morgan fingerprint density at radius 3 is 2.43 bits per heavy atom. The summed E-state index contributed by atoms with van der Waals surface area (Å²) in [5.74, 6) is 1.61. The number of oxazole rings is 1. The lowest BCUT2D eigenvalue weighted by atomic mass is 9.65. The highest BCUT2D eigenvalue weighted by atomic mass is 35.5. The van der Waals surface area contributed by atoms with E-state index >= 15 is 0 Å². The second kappa shape index (κ2) is 9.33. The van der Waals surface area contributed by atoms with Gasteiger partial charge in [0.05, 0.1) is 0 Å². The van der Waals surface area contributed by atoms with Gasteiger partial charge in [-0.1, -0.05) is 12.5 Å². The van der Waals surface area contributed by atoms with E-state index in [0.29, 0.717) is 29.8 Å². The van der Waals surface area contributed by atoms with E-state index in [1.807, 2.05) is 18.2 Å². The minimum Gasteiger partial charge on any atom is -0.423 e. The summed E-state index contributed by atoms with van der Waals surface area (Å²) < 4.78 is 5.93. The van der Waals surface area contributed by atoms with E-state index in [1.54, 1.807) is 0 Å². The number of rotatable bonds is 2. The molecule has 1 amide bonds. The van der Waals surface area contributed by atoms with E-state index < -0.39 is 0 Å². The van der Waals surface area contributed by atoms with Gasteiger partial charge in [0.25, 0.3) is 6.01 Å². The number of halogens is 2. The zero-order valence-electron chi connectivity index (χ0n) is 17.5. The maximum Gasteiger partial charge on any atom is 0.298 e. The van der Waals surface area contributed by atoms with Crippen molar-refractivity contribution in [3.05, 3.63) is 23.8 Å². The highest BCUT2D eigenvalue weighted by Crippen LogP contribution is 2.42. The molecule has 2 aliphatic carbocycles. The third kappa shape index (κ3) is 4.27. The van der Waals surface area contributed by atoms with Gasteiger partial charge in [-0.15, -0.1) is 24.8 Å². The van der Waals surface area contributed by atoms with Gasteiger partial charge >= 0.3 is 0 Å². The van der Waals surface area contributed by atoms with Crippen molar-refractivity contribution in [1.29, 1.82) is 0 Å². The Morgan fingerprint density at radius 2 is 1.77 bits per heavy atom. The average Bonchev–Trinajstić information content (AvgIpc) is 3.10. The summed E-state index contributed by atoms with van der Waals surface area (Å²) in [7, 11) is 0. The first kappa shape index (κ1) is 23.2. The van der Waals surface area contributed by atoms with E-state index in [2.05, 4.69) is 21.7 Å². The topological polar surface area (TPSA) is 75.6 Å². The number of hydrogen-bond acceptors (Lipinski definition) is 5. The van der Waals surface area contributed by atoms with Crippen LogP contribution in [0.25, 0.3) is 11.1 Å². The van der Waals surface area contributed by atoms with Crippen LogP contribution in [0.3, 0.4) is 0 Å². The molecular weight excluding hydrogens is 423 g/mol. The molecule has 2 unspecified atom stereocenters. The molecule has 0 radical (unpaired) electrons. The normalized spacial score (nSPS) is 28.6. The summed E-state index contributed by atoms with van der Waals surface area (Å²) in [6.45, 7) is 5.10. The van der Waals surface area contributed by atoms with Gasteiger partial charge in [0, 0.05) is 38.1 Å². The lowest BCUT2D eigenvalue weighted by Crippen LogP contribution is -2.53. The van der Waals surface area contributed by atoms with Crippen LogP contribution < -0.4 is 10.6 Å². The van der Waals surface area contributed by atoms with Gasteiger partial charge in [0.1, 0.15) is 5.52 Å². The van der Waals surface area contributed by atoms with Crippen LogP contribution in [0.1, 0.15) is 37.7 Å². The van der Waals surface area contributed by atoms with Gasteiger partial charge in [0.2, 0.25) is 5.91 Å². The monoisotopic (exact) mass is 454 g/mol. The first-order valence-electron chi connectivity index (χ1n) is 10.7. The molecule has 8 heteroatoms. The molecule has 2 heterocycles. The van der Waals surface area contributed by atoms with Crippen molar-refractivity contribution in [3.8, 4) is 0 Å². The number of anilines is 1. The van der Waals surface area contributed by atoms with Crippen LogP contribution in [0.5, 0.6) is 0 Å². The van der Waals surface area contributed by atoms with Crippen molar-refractivity contribution in [2.75, 3.05) is 31.1 Å². The van der Waals surface area contributed by atoms with Gasteiger partial charge in [0.15, 0.2) is 5.58 Å². The van der Waals surface area contributed by atoms with Crippen LogP contribution >= 0.6 is 24.8 Å². The van der Waals surface area contributed by atoms with Gasteiger partial charge in [-0.05, 0) is 62.1 Å². The molecule has 3 fully saturated rings. The fraction of sp³-hybridized carbons (Fsp3) is 0.636. The molecule has 166 valence electrons. The number of aryl methyl sites for hydroxylation is 1. The predicted octanol–water partition coefficient (Wildman–Crippen LogP) is 3.78. The third-order valence-electron chi connectivity index (χ3n) is 7.16. The van der Waals surface area contributed by atoms with Crippen LogP contribution in [-0.4, -0.2) is 48.0 Å². The molecule has 30 heavy (non-hydrogen) atoms. The lowest BCUT2D eigenvalue weighted by Gasteiger charge is -2.45. The Bertz CT molecular complexity index is 867. The Labute approximate surface area is 190 Å². The van der Waals surface area contributed by atoms with Crippen molar-refractivity contribution >= 4 is 47.8 Å². The molecule has 2 saturated carbocycles. The van der Waals surface area contributed by atoms with Gasteiger partial charge in [-0.2, -0.15) is 4.98 Å². The van der Waals surface area contributed by atoms with E-state index in [0.717, 1.165) is 50.1 Å². The van der Waals surface area contributed by atoms with E-state index in [4.69, 9.17) is 10.2 Å². The SMILES string of the molecule is Cc1ccc2oc(N3CCN(C(=O)C4CC5CCCC(C4)C5N)CC3)nc2c1.Cl.Cl. The molecule has 1 aliphatic heterocycles. The summed E-state index contributed by atoms with van der Waals surface area (Å²) in [5, 5.41) is 0. The van der Waals surface area contributed by atoms with E-state index in [1.165, 1.54) is 24.8 Å². The van der Waals surface area contributed by atoms with Crippen molar-refractivity contribution in [1.82, 2.24) is 9.88 Å². The quantitative estimate of drug-likeness (QED) is 0.746. The summed E-state index contributed by atoms with van der Waals surface area (Å²) in [6.07, 6.45) is 5.66. The molecule has 0 spiro atoms. The lowest BCUT2D eigenvalue weighted by molar-refractivity contribution is -0.139. The van der Waals surface area contributed by atoms with Crippen molar-refractivity contribution < 1.29 is 9.21 Å². The molecular formula is C22H32Cl2N4O2. The zero-order valence-corrected chi connectivity index (χ0v) is 19.1. The Balaban J connectivity index is 0.00000128. The number of carbonyl (C=O) groups is 1. The first-order valence-corrected chi connectivity index (χ1v) is 10.7. The number of nitrogens with zero attached hydrogens (tertiary/aromatic N) is 3. The molecule has 2 bridgehead atoms. The highest BCUT2D eigenvalue weighted by molar-refractivity contribution is 5.85. The first-order chi connectivity index (χ1) is 13.6. The Kier molecular flexibility index (Phi) is 7.20. The molecule has 2 atom stereocenters. The fourth-order valence-corrected chi connectivity index (χ4v) is 5.53. The Hall–Kier alpha value is -1.50. The van der Waals surface area contributed by atoms with Crippen molar-refractivity contribution in [2.24, 2.45) is 23.5 Å². The summed E-state index contributed by atoms with van der Waals surface area (Å²) >= 11 is 0. The largest absolute Gasteiger partial charge is 0.423 e. The number of benzene rings is 1. The summed E-state index contributed by atoms with van der Waals surface area (Å²) in [4.78, 5) is 22.0. The van der Waals surface area contributed by atoms with Crippen LogP contribution in [0.2, 0.25) is 0 Å². The smallest absolute Gasteiger partial charge is 0.298 e. The minimum absolute atomic E-state index is 0. The summed E-state index contributed by atoms with van der Waals surface area (Å²) in [5.41, 5.74) is 9.31. The van der Waals surface area contributed by atoms with Gasteiger partial charge in [-0.3, -0.25) is 4.79 Å². The zero-order chi connectivity index (χ0) is 19.3. The number of amides is 1. The molecule has 1 aromatic heterocycles.